The maximum Gasteiger partial charge on any atom is 0.228 e. The first kappa shape index (κ1) is 16.1. The van der Waals surface area contributed by atoms with Crippen molar-refractivity contribution in [3.63, 3.8) is 0 Å². The van der Waals surface area contributed by atoms with Crippen molar-refractivity contribution in [1.29, 1.82) is 0 Å². The molecule has 2 rings (SSSR count). The van der Waals surface area contributed by atoms with Crippen LogP contribution in [0.15, 0.2) is 48.5 Å². The van der Waals surface area contributed by atoms with Crippen molar-refractivity contribution in [3.05, 3.63) is 59.7 Å². The van der Waals surface area contributed by atoms with Gasteiger partial charge in [0.1, 0.15) is 0 Å². The molecular weight excluding hydrogens is 272 g/mol. The summed E-state index contributed by atoms with van der Waals surface area (Å²) in [6.45, 7) is 7.50. The Bertz CT molecular complexity index is 623. The fourth-order valence-electron chi connectivity index (χ4n) is 2.56. The monoisotopic (exact) mass is 296 g/mol. The molecule has 0 aliphatic carbocycles. The lowest BCUT2D eigenvalue weighted by molar-refractivity contribution is -0.118. The van der Waals surface area contributed by atoms with Crippen LogP contribution in [0.4, 0.5) is 11.4 Å². The highest BCUT2D eigenvalue weighted by Gasteiger charge is 2.13. The standard InChI is InChI=1S/C19H24N2O/c1-4-21(17-8-6-5-7-9-17)19(22)12-13-20-18-11-10-15(2)14-16(18)3/h5-11,14,20H,4,12-13H2,1-3H3. The predicted octanol–water partition coefficient (Wildman–Crippen LogP) is 4.16. The topological polar surface area (TPSA) is 32.3 Å². The van der Waals surface area contributed by atoms with E-state index < -0.39 is 0 Å². The number of hydrogen-bond donors (Lipinski definition) is 1. The molecule has 0 radical (unpaired) electrons. The summed E-state index contributed by atoms with van der Waals surface area (Å²) < 4.78 is 0. The van der Waals surface area contributed by atoms with Crippen molar-refractivity contribution in [2.24, 2.45) is 0 Å². The number of para-hydroxylation sites is 1. The van der Waals surface area contributed by atoms with Gasteiger partial charge in [0.15, 0.2) is 0 Å². The van der Waals surface area contributed by atoms with Gasteiger partial charge in [-0.25, -0.2) is 0 Å². The van der Waals surface area contributed by atoms with E-state index in [0.29, 0.717) is 19.5 Å². The van der Waals surface area contributed by atoms with E-state index in [1.54, 1.807) is 0 Å². The molecule has 0 saturated heterocycles. The Balaban J connectivity index is 1.92. The zero-order valence-electron chi connectivity index (χ0n) is 13.6. The highest BCUT2D eigenvalue weighted by atomic mass is 16.2. The average Bonchev–Trinajstić information content (AvgIpc) is 2.51. The van der Waals surface area contributed by atoms with E-state index in [1.165, 1.54) is 11.1 Å². The molecule has 0 unspecified atom stereocenters. The summed E-state index contributed by atoms with van der Waals surface area (Å²) in [5, 5.41) is 3.35. The molecule has 2 aromatic rings. The lowest BCUT2D eigenvalue weighted by Gasteiger charge is -2.21. The summed E-state index contributed by atoms with van der Waals surface area (Å²) in [4.78, 5) is 14.2. The van der Waals surface area contributed by atoms with Crippen LogP contribution in [0.3, 0.4) is 0 Å². The quantitative estimate of drug-likeness (QED) is 0.868. The Morgan fingerprint density at radius 2 is 1.82 bits per heavy atom. The summed E-state index contributed by atoms with van der Waals surface area (Å²) in [5.41, 5.74) is 4.52. The Kier molecular flexibility index (Phi) is 5.59. The smallest absolute Gasteiger partial charge is 0.228 e. The van der Waals surface area contributed by atoms with Crippen molar-refractivity contribution >= 4 is 17.3 Å². The lowest BCUT2D eigenvalue weighted by atomic mass is 10.1. The summed E-state index contributed by atoms with van der Waals surface area (Å²) in [5.74, 6) is 0.144. The molecule has 0 spiro atoms. The van der Waals surface area contributed by atoms with Gasteiger partial charge in [-0.1, -0.05) is 35.9 Å². The predicted molar refractivity (Wildman–Crippen MR) is 93.5 cm³/mol. The van der Waals surface area contributed by atoms with E-state index in [1.807, 2.05) is 42.2 Å². The fraction of sp³-hybridized carbons (Fsp3) is 0.316. The van der Waals surface area contributed by atoms with Crippen molar-refractivity contribution < 1.29 is 4.79 Å². The minimum Gasteiger partial charge on any atom is -0.384 e. The number of rotatable bonds is 6. The number of aryl methyl sites for hydroxylation is 2. The maximum absolute atomic E-state index is 12.4. The molecule has 2 aromatic carbocycles. The summed E-state index contributed by atoms with van der Waals surface area (Å²) in [6.07, 6.45) is 0.482. The molecule has 3 nitrogen and oxygen atoms in total. The second-order valence-corrected chi connectivity index (χ2v) is 5.47. The first-order valence-electron chi connectivity index (χ1n) is 7.78. The van der Waals surface area contributed by atoms with Crippen LogP contribution in [-0.2, 0) is 4.79 Å². The molecule has 0 atom stereocenters. The molecule has 1 N–H and O–H groups in total. The van der Waals surface area contributed by atoms with Crippen LogP contribution in [0.5, 0.6) is 0 Å². The number of amides is 1. The highest BCUT2D eigenvalue weighted by molar-refractivity contribution is 5.93. The van der Waals surface area contributed by atoms with Crippen molar-refractivity contribution in [2.75, 3.05) is 23.3 Å². The number of hydrogen-bond acceptors (Lipinski definition) is 2. The largest absolute Gasteiger partial charge is 0.384 e. The van der Waals surface area contributed by atoms with Crippen LogP contribution in [-0.4, -0.2) is 19.0 Å². The number of nitrogens with one attached hydrogen (secondary N) is 1. The van der Waals surface area contributed by atoms with Crippen molar-refractivity contribution in [1.82, 2.24) is 0 Å². The molecule has 116 valence electrons. The normalized spacial score (nSPS) is 10.3. The van der Waals surface area contributed by atoms with Gasteiger partial charge in [-0.05, 0) is 44.5 Å². The summed E-state index contributed by atoms with van der Waals surface area (Å²) in [6, 6.07) is 16.1. The Labute approximate surface area is 133 Å². The van der Waals surface area contributed by atoms with Crippen LogP contribution in [0.25, 0.3) is 0 Å². The Morgan fingerprint density at radius 1 is 1.09 bits per heavy atom. The molecule has 22 heavy (non-hydrogen) atoms. The second kappa shape index (κ2) is 7.64. The van der Waals surface area contributed by atoms with E-state index in [0.717, 1.165) is 11.4 Å². The number of carbonyl (C=O) groups excluding carboxylic acids is 1. The zero-order chi connectivity index (χ0) is 15.9. The molecular formula is C19H24N2O. The molecule has 0 aliphatic heterocycles. The average molecular weight is 296 g/mol. The van der Waals surface area contributed by atoms with Gasteiger partial charge in [0.2, 0.25) is 5.91 Å². The van der Waals surface area contributed by atoms with Crippen LogP contribution in [0.2, 0.25) is 0 Å². The van der Waals surface area contributed by atoms with Gasteiger partial charge in [0.25, 0.3) is 0 Å². The molecule has 0 aromatic heterocycles. The Morgan fingerprint density at radius 3 is 2.45 bits per heavy atom. The van der Waals surface area contributed by atoms with E-state index in [2.05, 4.69) is 37.4 Å². The van der Waals surface area contributed by atoms with E-state index in [-0.39, 0.29) is 5.91 Å². The van der Waals surface area contributed by atoms with Crippen LogP contribution >= 0.6 is 0 Å². The van der Waals surface area contributed by atoms with Crippen LogP contribution < -0.4 is 10.2 Å². The maximum atomic E-state index is 12.4. The third kappa shape index (κ3) is 4.10. The first-order chi connectivity index (χ1) is 10.6. The van der Waals surface area contributed by atoms with Gasteiger partial charge in [-0.15, -0.1) is 0 Å². The van der Waals surface area contributed by atoms with Gasteiger partial charge in [0.05, 0.1) is 0 Å². The highest BCUT2D eigenvalue weighted by Crippen LogP contribution is 2.17. The molecule has 0 aliphatic rings. The van der Waals surface area contributed by atoms with Gasteiger partial charge < -0.3 is 10.2 Å². The SMILES string of the molecule is CCN(C(=O)CCNc1ccc(C)cc1C)c1ccccc1. The number of anilines is 2. The molecule has 1 amide bonds. The molecule has 0 bridgehead atoms. The molecule has 3 heteroatoms. The molecule has 0 saturated carbocycles. The summed E-state index contributed by atoms with van der Waals surface area (Å²) in [7, 11) is 0. The number of nitrogens with zero attached hydrogens (tertiary/aromatic N) is 1. The fourth-order valence-corrected chi connectivity index (χ4v) is 2.56. The number of benzene rings is 2. The van der Waals surface area contributed by atoms with Gasteiger partial charge in [-0.3, -0.25) is 4.79 Å². The van der Waals surface area contributed by atoms with Gasteiger partial charge >= 0.3 is 0 Å². The first-order valence-corrected chi connectivity index (χ1v) is 7.78. The van der Waals surface area contributed by atoms with E-state index in [9.17, 15) is 4.79 Å². The van der Waals surface area contributed by atoms with Crippen molar-refractivity contribution in [2.45, 2.75) is 27.2 Å². The third-order valence-corrected chi connectivity index (χ3v) is 3.72. The summed E-state index contributed by atoms with van der Waals surface area (Å²) >= 11 is 0. The van der Waals surface area contributed by atoms with Gasteiger partial charge in [0, 0.05) is 30.9 Å². The van der Waals surface area contributed by atoms with E-state index >= 15 is 0 Å². The zero-order valence-corrected chi connectivity index (χ0v) is 13.6. The minimum absolute atomic E-state index is 0.144. The third-order valence-electron chi connectivity index (χ3n) is 3.72. The number of carbonyl (C=O) groups is 1. The van der Waals surface area contributed by atoms with Crippen molar-refractivity contribution in [3.8, 4) is 0 Å². The molecule has 0 heterocycles. The van der Waals surface area contributed by atoms with Crippen LogP contribution in [0.1, 0.15) is 24.5 Å². The van der Waals surface area contributed by atoms with Gasteiger partial charge in [-0.2, -0.15) is 0 Å². The molecule has 0 fully saturated rings. The van der Waals surface area contributed by atoms with E-state index in [4.69, 9.17) is 0 Å². The lowest BCUT2D eigenvalue weighted by Crippen LogP contribution is -2.31. The van der Waals surface area contributed by atoms with Crippen LogP contribution in [0, 0.1) is 13.8 Å². The minimum atomic E-state index is 0.144. The Hall–Kier alpha value is -2.29. The second-order valence-electron chi connectivity index (χ2n) is 5.47.